The molecule has 0 radical (unpaired) electrons. The van der Waals surface area contributed by atoms with Crippen molar-refractivity contribution in [2.45, 2.75) is 64.8 Å². The van der Waals surface area contributed by atoms with Gasteiger partial charge < -0.3 is 20.4 Å². The van der Waals surface area contributed by atoms with Gasteiger partial charge in [-0.2, -0.15) is 13.2 Å². The summed E-state index contributed by atoms with van der Waals surface area (Å²) in [7, 11) is 0. The van der Waals surface area contributed by atoms with Crippen molar-refractivity contribution in [3.05, 3.63) is 80.8 Å². The zero-order valence-corrected chi connectivity index (χ0v) is 24.8. The van der Waals surface area contributed by atoms with Gasteiger partial charge >= 0.3 is 12.3 Å². The Morgan fingerprint density at radius 3 is 2.58 bits per heavy atom. The minimum Gasteiger partial charge on any atom is -0.444 e. The SMILES string of the molecule is C[C@H](NC(=O)c1ccc(C=C2N=C(CNC(=O)OC(C)(C)C)C3=C2CCC3)c(C(F)(F)F)c1)c1nc2ccc(Cl)cc2[nH]1. The number of aromatic nitrogens is 2. The number of carbonyl (C=O) groups excluding carboxylic acids is 2. The van der Waals surface area contributed by atoms with Gasteiger partial charge in [-0.05, 0) is 100 Å². The zero-order valence-electron chi connectivity index (χ0n) is 24.1. The summed E-state index contributed by atoms with van der Waals surface area (Å²) in [6.07, 6.45) is -1.68. The monoisotopic (exact) mass is 613 g/mol. The number of halogens is 4. The highest BCUT2D eigenvalue weighted by atomic mass is 35.5. The van der Waals surface area contributed by atoms with Gasteiger partial charge in [0.1, 0.15) is 11.4 Å². The number of allylic oxidation sites excluding steroid dienone is 1. The molecular formula is C31H31ClF3N5O3. The van der Waals surface area contributed by atoms with E-state index in [0.29, 0.717) is 39.7 Å². The van der Waals surface area contributed by atoms with Gasteiger partial charge in [0.25, 0.3) is 5.91 Å². The second-order valence-corrected chi connectivity index (χ2v) is 12.0. The van der Waals surface area contributed by atoms with Crippen molar-refractivity contribution >= 4 is 46.4 Å². The van der Waals surface area contributed by atoms with Crippen LogP contribution in [0.15, 0.2) is 58.2 Å². The van der Waals surface area contributed by atoms with Gasteiger partial charge in [-0.1, -0.05) is 17.7 Å². The number of alkyl carbamates (subject to hydrolysis) is 1. The molecule has 226 valence electrons. The number of hydrogen-bond donors (Lipinski definition) is 3. The standard InChI is InChI=1S/C31H31ClF3N5O3/c1-16(27-39-23-11-10-19(32)14-25(23)40-27)37-28(41)18-9-8-17(22(12-18)31(33,34)35)13-24-20-6-5-7-21(20)26(38-24)15-36-29(42)43-30(2,3)4/h8-14,16H,5-7,15H2,1-4H3,(H,36,42)(H,37,41)(H,39,40)/t16-/m0/s1. The Hall–Kier alpha value is -4.12. The van der Waals surface area contributed by atoms with E-state index in [1.807, 2.05) is 0 Å². The Morgan fingerprint density at radius 1 is 1.12 bits per heavy atom. The van der Waals surface area contributed by atoms with Gasteiger partial charge in [-0.25, -0.2) is 9.78 Å². The van der Waals surface area contributed by atoms with Crippen LogP contribution in [0.25, 0.3) is 17.1 Å². The highest BCUT2D eigenvalue weighted by molar-refractivity contribution is 6.31. The predicted molar refractivity (Wildman–Crippen MR) is 159 cm³/mol. The van der Waals surface area contributed by atoms with Gasteiger partial charge in [0, 0.05) is 10.6 Å². The van der Waals surface area contributed by atoms with Crippen LogP contribution in [0.1, 0.15) is 80.3 Å². The number of ether oxygens (including phenoxy) is 1. The maximum atomic E-state index is 14.2. The quantitative estimate of drug-likeness (QED) is 0.267. The van der Waals surface area contributed by atoms with Gasteiger partial charge in [-0.3, -0.25) is 9.79 Å². The Morgan fingerprint density at radius 2 is 1.86 bits per heavy atom. The molecule has 0 unspecified atom stereocenters. The van der Waals surface area contributed by atoms with E-state index in [4.69, 9.17) is 16.3 Å². The first-order valence-electron chi connectivity index (χ1n) is 13.8. The lowest BCUT2D eigenvalue weighted by atomic mass is 10.00. The Bertz CT molecular complexity index is 1700. The van der Waals surface area contributed by atoms with Crippen LogP contribution in [0, 0.1) is 0 Å². The highest BCUT2D eigenvalue weighted by Gasteiger charge is 2.35. The minimum atomic E-state index is -4.72. The number of nitrogens with one attached hydrogen (secondary N) is 3. The molecule has 12 heteroatoms. The molecule has 2 aliphatic rings. The Kier molecular flexibility index (Phi) is 8.13. The van der Waals surface area contributed by atoms with Crippen LogP contribution in [0.2, 0.25) is 5.02 Å². The Labute approximate surface area is 251 Å². The first-order valence-corrected chi connectivity index (χ1v) is 14.2. The maximum absolute atomic E-state index is 14.2. The van der Waals surface area contributed by atoms with Crippen LogP contribution in [0.4, 0.5) is 18.0 Å². The number of aromatic amines is 1. The summed E-state index contributed by atoms with van der Waals surface area (Å²) in [6, 6.07) is 7.99. The number of fused-ring (bicyclic) bond motifs is 1. The molecule has 5 rings (SSSR count). The number of aliphatic imine (C=N–C) groups is 1. The third kappa shape index (κ3) is 6.93. The van der Waals surface area contributed by atoms with Gasteiger partial charge in [0.15, 0.2) is 0 Å². The summed E-state index contributed by atoms with van der Waals surface area (Å²) in [4.78, 5) is 37.2. The van der Waals surface area contributed by atoms with Gasteiger partial charge in [0.2, 0.25) is 0 Å². The molecule has 2 heterocycles. The number of rotatable bonds is 6. The molecule has 1 aliphatic carbocycles. The lowest BCUT2D eigenvalue weighted by Crippen LogP contribution is -2.35. The fraction of sp³-hybridized carbons (Fsp3) is 0.355. The van der Waals surface area contributed by atoms with Crippen LogP contribution in [-0.2, 0) is 10.9 Å². The van der Waals surface area contributed by atoms with Crippen molar-refractivity contribution in [1.82, 2.24) is 20.6 Å². The van der Waals surface area contributed by atoms with Crippen molar-refractivity contribution in [3.63, 3.8) is 0 Å². The van der Waals surface area contributed by atoms with E-state index in [-0.39, 0.29) is 17.7 Å². The molecule has 3 aromatic rings. The molecule has 43 heavy (non-hydrogen) atoms. The third-order valence-electron chi connectivity index (χ3n) is 7.06. The molecule has 1 aromatic heterocycles. The summed E-state index contributed by atoms with van der Waals surface area (Å²) >= 11 is 6.02. The van der Waals surface area contributed by atoms with Crippen LogP contribution >= 0.6 is 11.6 Å². The van der Waals surface area contributed by atoms with E-state index in [2.05, 4.69) is 25.6 Å². The fourth-order valence-corrected chi connectivity index (χ4v) is 5.30. The summed E-state index contributed by atoms with van der Waals surface area (Å²) < 4.78 is 48.0. The number of nitrogens with zero attached hydrogens (tertiary/aromatic N) is 2. The van der Waals surface area contributed by atoms with E-state index < -0.39 is 35.4 Å². The first-order chi connectivity index (χ1) is 20.2. The number of H-pyrrole nitrogens is 1. The smallest absolute Gasteiger partial charge is 0.417 e. The molecule has 0 spiro atoms. The fourth-order valence-electron chi connectivity index (χ4n) is 5.13. The average Bonchev–Trinajstić information content (AvgIpc) is 3.62. The van der Waals surface area contributed by atoms with Crippen molar-refractivity contribution in [2.24, 2.45) is 4.99 Å². The Balaban J connectivity index is 1.37. The number of amides is 2. The van der Waals surface area contributed by atoms with Crippen molar-refractivity contribution in [3.8, 4) is 0 Å². The molecular weight excluding hydrogens is 583 g/mol. The predicted octanol–water partition coefficient (Wildman–Crippen LogP) is 7.53. The second kappa shape index (κ2) is 11.5. The van der Waals surface area contributed by atoms with E-state index in [0.717, 1.165) is 30.1 Å². The highest BCUT2D eigenvalue weighted by Crippen LogP contribution is 2.40. The number of alkyl halides is 3. The molecule has 0 saturated carbocycles. The van der Waals surface area contributed by atoms with Crippen molar-refractivity contribution in [2.75, 3.05) is 6.54 Å². The first kappa shape index (κ1) is 30.3. The second-order valence-electron chi connectivity index (χ2n) is 11.5. The largest absolute Gasteiger partial charge is 0.444 e. The summed E-state index contributed by atoms with van der Waals surface area (Å²) in [5, 5.41) is 5.91. The number of carbonyl (C=O) groups is 2. The van der Waals surface area contributed by atoms with Gasteiger partial charge in [-0.15, -0.1) is 0 Å². The van der Waals surface area contributed by atoms with E-state index >= 15 is 0 Å². The topological polar surface area (TPSA) is 108 Å². The van der Waals surface area contributed by atoms with Crippen LogP contribution in [0.5, 0.6) is 0 Å². The van der Waals surface area contributed by atoms with Crippen molar-refractivity contribution in [1.29, 1.82) is 0 Å². The van der Waals surface area contributed by atoms with Gasteiger partial charge in [0.05, 0.1) is 40.6 Å². The molecule has 3 N–H and O–H groups in total. The van der Waals surface area contributed by atoms with Crippen LogP contribution < -0.4 is 10.6 Å². The molecule has 1 aliphatic heterocycles. The lowest BCUT2D eigenvalue weighted by molar-refractivity contribution is -0.137. The van der Waals surface area contributed by atoms with E-state index in [1.54, 1.807) is 45.9 Å². The minimum absolute atomic E-state index is 0.104. The molecule has 2 amide bonds. The normalized spacial score (nSPS) is 16.8. The summed E-state index contributed by atoms with van der Waals surface area (Å²) in [5.74, 6) is -0.231. The van der Waals surface area contributed by atoms with Crippen LogP contribution in [-0.4, -0.2) is 39.8 Å². The summed E-state index contributed by atoms with van der Waals surface area (Å²) in [5.41, 5.74) is 2.31. The number of imidazole rings is 1. The molecule has 0 saturated heterocycles. The third-order valence-corrected chi connectivity index (χ3v) is 7.30. The zero-order chi connectivity index (χ0) is 31.1. The molecule has 0 fully saturated rings. The van der Waals surface area contributed by atoms with Crippen molar-refractivity contribution < 1.29 is 27.5 Å². The maximum Gasteiger partial charge on any atom is 0.417 e. The number of hydrogen-bond acceptors (Lipinski definition) is 5. The van der Waals surface area contributed by atoms with Crippen LogP contribution in [0.3, 0.4) is 0 Å². The van der Waals surface area contributed by atoms with E-state index in [9.17, 15) is 22.8 Å². The molecule has 1 atom stereocenters. The van der Waals surface area contributed by atoms with E-state index in [1.165, 1.54) is 18.2 Å². The molecule has 2 aromatic carbocycles. The average molecular weight is 614 g/mol. The molecule has 0 bridgehead atoms. The molecule has 8 nitrogen and oxygen atoms in total. The summed E-state index contributed by atoms with van der Waals surface area (Å²) in [6.45, 7) is 7.05. The lowest BCUT2D eigenvalue weighted by Gasteiger charge is -2.19. The number of benzene rings is 2.